The van der Waals surface area contributed by atoms with E-state index < -0.39 is 0 Å². The maximum atomic E-state index is 11.1. The van der Waals surface area contributed by atoms with Gasteiger partial charge in [-0.05, 0) is 19.4 Å². The first-order chi connectivity index (χ1) is 8.21. The number of ether oxygens (including phenoxy) is 1. The van der Waals surface area contributed by atoms with E-state index in [9.17, 15) is 4.79 Å². The molecule has 0 saturated carbocycles. The van der Waals surface area contributed by atoms with E-state index in [4.69, 9.17) is 9.84 Å². The van der Waals surface area contributed by atoms with Crippen molar-refractivity contribution in [2.24, 2.45) is 0 Å². The number of allylic oxidation sites excluding steroid dienone is 5. The quantitative estimate of drug-likeness (QED) is 0.707. The zero-order valence-corrected chi connectivity index (χ0v) is 10.3. The highest BCUT2D eigenvalue weighted by Crippen LogP contribution is 2.13. The number of hydrogen-bond acceptors (Lipinski definition) is 3. The van der Waals surface area contributed by atoms with Crippen LogP contribution < -0.4 is 0 Å². The fourth-order valence-corrected chi connectivity index (χ4v) is 1.57. The van der Waals surface area contributed by atoms with Gasteiger partial charge in [-0.3, -0.25) is 4.79 Å². The number of carbonyl (C=O) groups excluding carboxylic acids is 1. The first-order valence-corrected chi connectivity index (χ1v) is 5.61. The van der Waals surface area contributed by atoms with Crippen molar-refractivity contribution in [3.63, 3.8) is 0 Å². The standard InChI is InChI=1S/C13H19NO3/c1-11-4-3-5-12(7-6-11)14(10-16)8-13(9-15)17-2/h4-7,10,13,15H,3,8-9H2,1-2H3. The number of amides is 1. The van der Waals surface area contributed by atoms with Crippen LogP contribution in [-0.4, -0.2) is 42.8 Å². The van der Waals surface area contributed by atoms with Gasteiger partial charge in [0.1, 0.15) is 0 Å². The molecule has 0 saturated heterocycles. The highest BCUT2D eigenvalue weighted by atomic mass is 16.5. The highest BCUT2D eigenvalue weighted by Gasteiger charge is 2.13. The second-order valence-corrected chi connectivity index (χ2v) is 3.94. The van der Waals surface area contributed by atoms with Crippen LogP contribution in [0.2, 0.25) is 0 Å². The number of rotatable bonds is 6. The van der Waals surface area contributed by atoms with Crippen LogP contribution in [0.1, 0.15) is 13.3 Å². The van der Waals surface area contributed by atoms with E-state index in [1.807, 2.05) is 25.2 Å². The lowest BCUT2D eigenvalue weighted by Gasteiger charge is -2.22. The molecule has 1 aliphatic carbocycles. The summed E-state index contributed by atoms with van der Waals surface area (Å²) in [4.78, 5) is 12.6. The molecule has 0 aliphatic heterocycles. The van der Waals surface area contributed by atoms with Crippen LogP contribution >= 0.6 is 0 Å². The van der Waals surface area contributed by atoms with E-state index in [-0.39, 0.29) is 12.7 Å². The molecule has 17 heavy (non-hydrogen) atoms. The Balaban J connectivity index is 2.71. The van der Waals surface area contributed by atoms with E-state index in [1.54, 1.807) is 4.90 Å². The molecule has 1 amide bonds. The molecule has 1 unspecified atom stereocenters. The van der Waals surface area contributed by atoms with Crippen molar-refractivity contribution in [1.82, 2.24) is 4.90 Å². The minimum absolute atomic E-state index is 0.102. The van der Waals surface area contributed by atoms with Gasteiger partial charge in [0.05, 0.1) is 19.3 Å². The summed E-state index contributed by atoms with van der Waals surface area (Å²) in [6.45, 7) is 2.27. The molecule has 0 radical (unpaired) electrons. The summed E-state index contributed by atoms with van der Waals surface area (Å²) in [6, 6.07) is 0. The molecule has 1 atom stereocenters. The van der Waals surface area contributed by atoms with Crippen LogP contribution in [0.25, 0.3) is 0 Å². The normalized spacial score (nSPS) is 16.9. The molecular formula is C13H19NO3. The smallest absolute Gasteiger partial charge is 0.214 e. The van der Waals surface area contributed by atoms with Crippen molar-refractivity contribution in [3.05, 3.63) is 35.6 Å². The molecule has 4 nitrogen and oxygen atoms in total. The van der Waals surface area contributed by atoms with E-state index in [2.05, 4.69) is 6.08 Å². The zero-order chi connectivity index (χ0) is 12.7. The molecular weight excluding hydrogens is 218 g/mol. The fraction of sp³-hybridized carbons (Fsp3) is 0.462. The van der Waals surface area contributed by atoms with Crippen LogP contribution in [0.15, 0.2) is 35.6 Å². The van der Waals surface area contributed by atoms with E-state index >= 15 is 0 Å². The van der Waals surface area contributed by atoms with Crippen molar-refractivity contribution in [2.75, 3.05) is 20.3 Å². The predicted molar refractivity (Wildman–Crippen MR) is 66.2 cm³/mol. The van der Waals surface area contributed by atoms with Gasteiger partial charge in [0.15, 0.2) is 0 Å². The van der Waals surface area contributed by atoms with Crippen molar-refractivity contribution < 1.29 is 14.6 Å². The van der Waals surface area contributed by atoms with E-state index in [1.165, 1.54) is 12.7 Å². The summed E-state index contributed by atoms with van der Waals surface area (Å²) in [5, 5.41) is 9.05. The van der Waals surface area contributed by atoms with Gasteiger partial charge >= 0.3 is 0 Å². The topological polar surface area (TPSA) is 49.8 Å². The van der Waals surface area contributed by atoms with Crippen LogP contribution in [0, 0.1) is 0 Å². The van der Waals surface area contributed by atoms with Crippen LogP contribution in [0.5, 0.6) is 0 Å². The Morgan fingerprint density at radius 2 is 2.29 bits per heavy atom. The summed E-state index contributed by atoms with van der Waals surface area (Å²) in [6.07, 6.45) is 9.14. The number of aliphatic hydroxyl groups is 1. The lowest BCUT2D eigenvalue weighted by atomic mass is 10.2. The number of aliphatic hydroxyl groups excluding tert-OH is 1. The van der Waals surface area contributed by atoms with Crippen molar-refractivity contribution in [1.29, 1.82) is 0 Å². The third kappa shape index (κ3) is 4.17. The summed E-state index contributed by atoms with van der Waals surface area (Å²) in [5.41, 5.74) is 2.01. The molecule has 0 bridgehead atoms. The Morgan fingerprint density at radius 1 is 1.53 bits per heavy atom. The predicted octanol–water partition coefficient (Wildman–Crippen LogP) is 1.24. The van der Waals surface area contributed by atoms with Gasteiger partial charge in [-0.25, -0.2) is 0 Å². The Bertz CT molecular complexity index is 341. The zero-order valence-electron chi connectivity index (χ0n) is 10.3. The second kappa shape index (κ2) is 7.04. The van der Waals surface area contributed by atoms with Gasteiger partial charge in [0, 0.05) is 12.8 Å². The molecule has 0 aromatic rings. The SMILES string of the molecule is COC(CO)CN(C=O)C1=CCC=C(C)C=C1. The molecule has 0 spiro atoms. The Morgan fingerprint density at radius 3 is 2.88 bits per heavy atom. The molecule has 0 fully saturated rings. The Kier molecular flexibility index (Phi) is 5.66. The number of hydrogen-bond donors (Lipinski definition) is 1. The summed E-state index contributed by atoms with van der Waals surface area (Å²) in [7, 11) is 1.52. The molecule has 0 heterocycles. The van der Waals surface area contributed by atoms with E-state index in [0.29, 0.717) is 6.54 Å². The monoisotopic (exact) mass is 237 g/mol. The number of methoxy groups -OCH3 is 1. The fourth-order valence-electron chi connectivity index (χ4n) is 1.57. The molecule has 0 aromatic heterocycles. The maximum absolute atomic E-state index is 11.1. The largest absolute Gasteiger partial charge is 0.394 e. The maximum Gasteiger partial charge on any atom is 0.214 e. The second-order valence-electron chi connectivity index (χ2n) is 3.94. The van der Waals surface area contributed by atoms with Crippen molar-refractivity contribution in [3.8, 4) is 0 Å². The van der Waals surface area contributed by atoms with Gasteiger partial charge in [0.2, 0.25) is 6.41 Å². The third-order valence-corrected chi connectivity index (χ3v) is 2.68. The molecule has 0 aromatic carbocycles. The van der Waals surface area contributed by atoms with Gasteiger partial charge in [-0.1, -0.05) is 23.8 Å². The first kappa shape index (κ1) is 13.7. The highest BCUT2D eigenvalue weighted by molar-refractivity contribution is 5.53. The number of carbonyl (C=O) groups is 1. The molecule has 1 N–H and O–H groups in total. The average Bonchev–Trinajstić information content (AvgIpc) is 2.56. The molecule has 94 valence electrons. The van der Waals surface area contributed by atoms with Crippen LogP contribution in [-0.2, 0) is 9.53 Å². The van der Waals surface area contributed by atoms with Gasteiger partial charge in [-0.15, -0.1) is 0 Å². The molecule has 1 rings (SSSR count). The summed E-state index contributed by atoms with van der Waals surface area (Å²) < 4.78 is 5.06. The van der Waals surface area contributed by atoms with Gasteiger partial charge in [0.25, 0.3) is 0 Å². The first-order valence-electron chi connectivity index (χ1n) is 5.61. The average molecular weight is 237 g/mol. The molecule has 4 heteroatoms. The van der Waals surface area contributed by atoms with Crippen LogP contribution in [0.4, 0.5) is 0 Å². The summed E-state index contributed by atoms with van der Waals surface area (Å²) >= 11 is 0. The Labute approximate surface area is 102 Å². The van der Waals surface area contributed by atoms with E-state index in [0.717, 1.165) is 18.5 Å². The minimum atomic E-state index is -0.355. The van der Waals surface area contributed by atoms with Crippen molar-refractivity contribution >= 4 is 6.41 Å². The van der Waals surface area contributed by atoms with Crippen molar-refractivity contribution in [2.45, 2.75) is 19.4 Å². The van der Waals surface area contributed by atoms with Crippen LogP contribution in [0.3, 0.4) is 0 Å². The summed E-state index contributed by atoms with van der Waals surface area (Å²) in [5.74, 6) is 0. The van der Waals surface area contributed by atoms with Gasteiger partial charge in [-0.2, -0.15) is 0 Å². The third-order valence-electron chi connectivity index (χ3n) is 2.68. The number of nitrogens with zero attached hydrogens (tertiary/aromatic N) is 1. The Hall–Kier alpha value is -1.39. The minimum Gasteiger partial charge on any atom is -0.394 e. The lowest BCUT2D eigenvalue weighted by Crippen LogP contribution is -2.33. The van der Waals surface area contributed by atoms with Gasteiger partial charge < -0.3 is 14.7 Å². The lowest BCUT2D eigenvalue weighted by molar-refractivity contribution is -0.118. The molecule has 1 aliphatic rings.